The SMILES string of the molecule is Cc1ccccc1C(=O)N1C(CC(C)C)SCC1C(=O)NCCN1CCOCC1. The van der Waals surface area contributed by atoms with Crippen molar-refractivity contribution < 1.29 is 14.3 Å². The summed E-state index contributed by atoms with van der Waals surface area (Å²) in [5, 5.41) is 3.11. The second-order valence-electron chi connectivity index (χ2n) is 8.21. The van der Waals surface area contributed by atoms with E-state index >= 15 is 0 Å². The van der Waals surface area contributed by atoms with Crippen LogP contribution in [-0.2, 0) is 9.53 Å². The molecule has 0 spiro atoms. The number of nitrogens with zero attached hydrogens (tertiary/aromatic N) is 2. The maximum Gasteiger partial charge on any atom is 0.255 e. The Labute approximate surface area is 178 Å². The molecular formula is C22H33N3O3S. The van der Waals surface area contributed by atoms with Crippen LogP contribution in [0.4, 0.5) is 0 Å². The number of aryl methyl sites for hydroxylation is 1. The summed E-state index contributed by atoms with van der Waals surface area (Å²) in [5.74, 6) is 1.03. The summed E-state index contributed by atoms with van der Waals surface area (Å²) in [6, 6.07) is 7.22. The van der Waals surface area contributed by atoms with Gasteiger partial charge in [-0.3, -0.25) is 14.5 Å². The number of nitrogens with one attached hydrogen (secondary N) is 1. The van der Waals surface area contributed by atoms with Crippen molar-refractivity contribution in [2.45, 2.75) is 38.6 Å². The lowest BCUT2D eigenvalue weighted by Gasteiger charge is -2.31. The van der Waals surface area contributed by atoms with Gasteiger partial charge in [0.15, 0.2) is 0 Å². The van der Waals surface area contributed by atoms with Crippen molar-refractivity contribution in [3.63, 3.8) is 0 Å². The predicted molar refractivity (Wildman–Crippen MR) is 117 cm³/mol. The maximum atomic E-state index is 13.4. The number of morpholine rings is 1. The van der Waals surface area contributed by atoms with E-state index in [0.29, 0.717) is 23.8 Å². The zero-order valence-electron chi connectivity index (χ0n) is 17.7. The molecule has 0 bridgehead atoms. The number of hydrogen-bond acceptors (Lipinski definition) is 5. The minimum atomic E-state index is -0.416. The van der Waals surface area contributed by atoms with E-state index in [4.69, 9.17) is 4.74 Å². The highest BCUT2D eigenvalue weighted by molar-refractivity contribution is 8.00. The first-order chi connectivity index (χ1) is 14.0. The Bertz CT molecular complexity index is 706. The highest BCUT2D eigenvalue weighted by Gasteiger charge is 2.42. The fraction of sp³-hybridized carbons (Fsp3) is 0.636. The van der Waals surface area contributed by atoms with Crippen molar-refractivity contribution in [3.8, 4) is 0 Å². The van der Waals surface area contributed by atoms with Crippen LogP contribution in [0, 0.1) is 12.8 Å². The Balaban J connectivity index is 1.67. The topological polar surface area (TPSA) is 61.9 Å². The Hall–Kier alpha value is -1.57. The third-order valence-corrected chi connectivity index (χ3v) is 6.82. The molecule has 1 N–H and O–H groups in total. The molecule has 0 aliphatic carbocycles. The normalized spacial score (nSPS) is 22.8. The molecule has 2 unspecified atom stereocenters. The van der Waals surface area contributed by atoms with Crippen molar-refractivity contribution in [3.05, 3.63) is 35.4 Å². The number of carbonyl (C=O) groups excluding carboxylic acids is 2. The van der Waals surface area contributed by atoms with Crippen LogP contribution in [0.2, 0.25) is 0 Å². The zero-order chi connectivity index (χ0) is 20.8. The Kier molecular flexibility index (Phi) is 7.98. The van der Waals surface area contributed by atoms with Gasteiger partial charge in [0.25, 0.3) is 5.91 Å². The summed E-state index contributed by atoms with van der Waals surface area (Å²) in [6.45, 7) is 11.0. The fourth-order valence-electron chi connectivity index (χ4n) is 3.85. The first kappa shape index (κ1) is 22.1. The van der Waals surface area contributed by atoms with Crippen LogP contribution >= 0.6 is 11.8 Å². The fourth-order valence-corrected chi connectivity index (χ4v) is 5.50. The molecule has 0 saturated carbocycles. The smallest absolute Gasteiger partial charge is 0.255 e. The van der Waals surface area contributed by atoms with Gasteiger partial charge in [0, 0.05) is 37.5 Å². The molecule has 2 saturated heterocycles. The summed E-state index contributed by atoms with van der Waals surface area (Å²) in [6.07, 6.45) is 0.889. The lowest BCUT2D eigenvalue weighted by Crippen LogP contribution is -2.51. The minimum absolute atomic E-state index is 0.0351. The van der Waals surface area contributed by atoms with E-state index in [1.807, 2.05) is 36.1 Å². The van der Waals surface area contributed by atoms with Crippen LogP contribution in [-0.4, -0.2) is 78.2 Å². The molecule has 2 heterocycles. The van der Waals surface area contributed by atoms with Crippen LogP contribution in [0.25, 0.3) is 0 Å². The molecule has 0 aromatic heterocycles. The maximum absolute atomic E-state index is 13.4. The average Bonchev–Trinajstić information content (AvgIpc) is 3.11. The number of benzene rings is 1. The number of amides is 2. The summed E-state index contributed by atoms with van der Waals surface area (Å²) in [4.78, 5) is 30.5. The molecule has 2 atom stereocenters. The first-order valence-electron chi connectivity index (χ1n) is 10.5. The van der Waals surface area contributed by atoms with Gasteiger partial charge in [-0.05, 0) is 30.9 Å². The Morgan fingerprint density at radius 1 is 1.24 bits per heavy atom. The average molecular weight is 420 g/mol. The third kappa shape index (κ3) is 5.74. The van der Waals surface area contributed by atoms with Gasteiger partial charge >= 0.3 is 0 Å². The van der Waals surface area contributed by atoms with Gasteiger partial charge in [0.05, 0.1) is 18.6 Å². The molecule has 2 fully saturated rings. The molecule has 160 valence electrons. The standard InChI is InChI=1S/C22H33N3O3S/c1-16(2)14-20-25(22(27)18-7-5-4-6-17(18)3)19(15-29-20)21(26)23-8-9-24-10-12-28-13-11-24/h4-7,16,19-20H,8-15H2,1-3H3,(H,23,26). The van der Waals surface area contributed by atoms with Gasteiger partial charge in [-0.2, -0.15) is 0 Å². The summed E-state index contributed by atoms with van der Waals surface area (Å²) < 4.78 is 5.37. The lowest BCUT2D eigenvalue weighted by molar-refractivity contribution is -0.125. The second-order valence-corrected chi connectivity index (χ2v) is 9.42. The van der Waals surface area contributed by atoms with Crippen LogP contribution in [0.3, 0.4) is 0 Å². The Morgan fingerprint density at radius 3 is 2.66 bits per heavy atom. The number of ether oxygens (including phenoxy) is 1. The molecule has 7 heteroatoms. The molecule has 2 amide bonds. The van der Waals surface area contributed by atoms with Crippen molar-refractivity contribution in [2.75, 3.05) is 45.1 Å². The van der Waals surface area contributed by atoms with Gasteiger partial charge in [-0.1, -0.05) is 32.0 Å². The molecule has 2 aliphatic heterocycles. The summed E-state index contributed by atoms with van der Waals surface area (Å²) in [7, 11) is 0. The van der Waals surface area contributed by atoms with Crippen molar-refractivity contribution in [2.24, 2.45) is 5.92 Å². The van der Waals surface area contributed by atoms with Crippen LogP contribution < -0.4 is 5.32 Å². The summed E-state index contributed by atoms with van der Waals surface area (Å²) in [5.41, 5.74) is 1.64. The van der Waals surface area contributed by atoms with Crippen LogP contribution in [0.1, 0.15) is 36.2 Å². The highest BCUT2D eigenvalue weighted by atomic mass is 32.2. The molecule has 2 aliphatic rings. The molecule has 6 nitrogen and oxygen atoms in total. The second kappa shape index (κ2) is 10.5. The summed E-state index contributed by atoms with van der Waals surface area (Å²) >= 11 is 1.72. The minimum Gasteiger partial charge on any atom is -0.379 e. The van der Waals surface area contributed by atoms with E-state index in [0.717, 1.165) is 44.8 Å². The number of thioether (sulfide) groups is 1. The van der Waals surface area contributed by atoms with E-state index in [9.17, 15) is 9.59 Å². The number of hydrogen-bond donors (Lipinski definition) is 1. The molecule has 1 aromatic carbocycles. The van der Waals surface area contributed by atoms with Crippen molar-refractivity contribution in [1.29, 1.82) is 0 Å². The van der Waals surface area contributed by atoms with Gasteiger partial charge in [-0.15, -0.1) is 11.8 Å². The van der Waals surface area contributed by atoms with Crippen LogP contribution in [0.5, 0.6) is 0 Å². The molecule has 3 rings (SSSR count). The lowest BCUT2D eigenvalue weighted by atomic mass is 10.0. The Morgan fingerprint density at radius 2 is 1.97 bits per heavy atom. The van der Waals surface area contributed by atoms with E-state index in [2.05, 4.69) is 24.1 Å². The monoisotopic (exact) mass is 419 g/mol. The third-order valence-electron chi connectivity index (χ3n) is 5.51. The number of carbonyl (C=O) groups is 2. The first-order valence-corrected chi connectivity index (χ1v) is 11.6. The van der Waals surface area contributed by atoms with E-state index in [1.165, 1.54) is 0 Å². The number of rotatable bonds is 7. The van der Waals surface area contributed by atoms with E-state index < -0.39 is 6.04 Å². The molecule has 0 radical (unpaired) electrons. The van der Waals surface area contributed by atoms with Gasteiger partial charge in [0.1, 0.15) is 6.04 Å². The largest absolute Gasteiger partial charge is 0.379 e. The predicted octanol–water partition coefficient (Wildman–Crippen LogP) is 2.37. The highest BCUT2D eigenvalue weighted by Crippen LogP contribution is 2.35. The van der Waals surface area contributed by atoms with Crippen molar-refractivity contribution in [1.82, 2.24) is 15.1 Å². The van der Waals surface area contributed by atoms with Crippen molar-refractivity contribution >= 4 is 23.6 Å². The zero-order valence-corrected chi connectivity index (χ0v) is 18.5. The van der Waals surface area contributed by atoms with E-state index in [-0.39, 0.29) is 17.2 Å². The van der Waals surface area contributed by atoms with Gasteiger partial charge < -0.3 is 15.0 Å². The molecule has 1 aromatic rings. The molecular weight excluding hydrogens is 386 g/mol. The van der Waals surface area contributed by atoms with E-state index in [1.54, 1.807) is 11.8 Å². The van der Waals surface area contributed by atoms with Crippen LogP contribution in [0.15, 0.2) is 24.3 Å². The molecule has 29 heavy (non-hydrogen) atoms. The quantitative estimate of drug-likeness (QED) is 0.735. The van der Waals surface area contributed by atoms with Gasteiger partial charge in [0.2, 0.25) is 5.91 Å². The van der Waals surface area contributed by atoms with Gasteiger partial charge in [-0.25, -0.2) is 0 Å².